The molecule has 0 saturated heterocycles. The molecule has 0 radical (unpaired) electrons. The van der Waals surface area contributed by atoms with E-state index < -0.39 is 0 Å². The first-order valence-corrected chi connectivity index (χ1v) is 7.80. The van der Waals surface area contributed by atoms with E-state index in [-0.39, 0.29) is 11.8 Å². The number of nitrogens with one attached hydrogen (secondary N) is 2. The summed E-state index contributed by atoms with van der Waals surface area (Å²) in [4.78, 5) is 24.0. The van der Waals surface area contributed by atoms with Crippen molar-refractivity contribution in [3.05, 3.63) is 54.2 Å². The molecule has 6 heteroatoms. The van der Waals surface area contributed by atoms with E-state index in [4.69, 9.17) is 4.74 Å². The maximum absolute atomic E-state index is 12.8. The Kier molecular flexibility index (Phi) is 4.43. The van der Waals surface area contributed by atoms with Crippen LogP contribution in [0.1, 0.15) is 17.3 Å². The predicted octanol–water partition coefficient (Wildman–Crippen LogP) is 3.40. The third-order valence-corrected chi connectivity index (χ3v) is 3.91. The minimum absolute atomic E-state index is 0.184. The molecule has 0 spiro atoms. The summed E-state index contributed by atoms with van der Waals surface area (Å²) in [6.45, 7) is 1.43. The summed E-state index contributed by atoms with van der Waals surface area (Å²) < 4.78 is 7.21. The number of carbonyl (C=O) groups excluding carboxylic acids is 2. The van der Waals surface area contributed by atoms with Gasteiger partial charge in [0.15, 0.2) is 0 Å². The number of aryl methyl sites for hydroxylation is 1. The molecule has 25 heavy (non-hydrogen) atoms. The van der Waals surface area contributed by atoms with Gasteiger partial charge in [0.2, 0.25) is 5.91 Å². The maximum Gasteiger partial charge on any atom is 0.257 e. The van der Waals surface area contributed by atoms with Crippen molar-refractivity contribution in [3.63, 3.8) is 0 Å². The zero-order chi connectivity index (χ0) is 18.0. The highest BCUT2D eigenvalue weighted by Gasteiger charge is 2.16. The SMILES string of the molecule is COc1ccc(NC(C)=O)cc1NC(=O)c1cn(C)c2ccccc12. The van der Waals surface area contributed by atoms with Gasteiger partial charge in [-0.05, 0) is 24.3 Å². The highest BCUT2D eigenvalue weighted by Crippen LogP contribution is 2.29. The first kappa shape index (κ1) is 16.6. The van der Waals surface area contributed by atoms with Gasteiger partial charge < -0.3 is 19.9 Å². The fourth-order valence-corrected chi connectivity index (χ4v) is 2.80. The molecule has 0 unspecified atom stereocenters. The van der Waals surface area contributed by atoms with Gasteiger partial charge in [0.25, 0.3) is 5.91 Å². The average Bonchev–Trinajstić information content (AvgIpc) is 2.92. The molecule has 0 aliphatic rings. The number of amides is 2. The summed E-state index contributed by atoms with van der Waals surface area (Å²) in [5, 5.41) is 6.44. The number of hydrogen-bond donors (Lipinski definition) is 2. The van der Waals surface area contributed by atoms with Crippen LogP contribution in [0.3, 0.4) is 0 Å². The fraction of sp³-hybridized carbons (Fsp3) is 0.158. The van der Waals surface area contributed by atoms with Crippen LogP contribution in [0, 0.1) is 0 Å². The van der Waals surface area contributed by atoms with E-state index in [1.807, 2.05) is 35.9 Å². The quantitative estimate of drug-likeness (QED) is 0.766. The summed E-state index contributed by atoms with van der Waals surface area (Å²) in [6.07, 6.45) is 1.80. The van der Waals surface area contributed by atoms with Gasteiger partial charge in [-0.3, -0.25) is 9.59 Å². The van der Waals surface area contributed by atoms with Crippen molar-refractivity contribution >= 4 is 34.1 Å². The van der Waals surface area contributed by atoms with Crippen LogP contribution < -0.4 is 15.4 Å². The molecule has 0 aliphatic carbocycles. The van der Waals surface area contributed by atoms with Gasteiger partial charge in [0.1, 0.15) is 5.75 Å². The lowest BCUT2D eigenvalue weighted by Crippen LogP contribution is -2.13. The van der Waals surface area contributed by atoms with Crippen molar-refractivity contribution in [1.82, 2.24) is 4.57 Å². The topological polar surface area (TPSA) is 72.4 Å². The Hall–Kier alpha value is -3.28. The van der Waals surface area contributed by atoms with Crippen LogP contribution in [0.2, 0.25) is 0 Å². The molecule has 6 nitrogen and oxygen atoms in total. The Balaban J connectivity index is 1.95. The van der Waals surface area contributed by atoms with E-state index in [0.29, 0.717) is 22.7 Å². The minimum Gasteiger partial charge on any atom is -0.495 e. The zero-order valence-electron chi connectivity index (χ0n) is 14.3. The Morgan fingerprint density at radius 1 is 1.08 bits per heavy atom. The van der Waals surface area contributed by atoms with Crippen molar-refractivity contribution in [2.45, 2.75) is 6.92 Å². The molecule has 0 bridgehead atoms. The Morgan fingerprint density at radius 2 is 1.84 bits per heavy atom. The van der Waals surface area contributed by atoms with Crippen molar-refractivity contribution in [1.29, 1.82) is 0 Å². The molecule has 1 aromatic heterocycles. The molecule has 3 aromatic rings. The highest BCUT2D eigenvalue weighted by atomic mass is 16.5. The summed E-state index contributed by atoms with van der Waals surface area (Å²) >= 11 is 0. The molecule has 1 heterocycles. The number of rotatable bonds is 4. The van der Waals surface area contributed by atoms with Crippen molar-refractivity contribution in [2.24, 2.45) is 7.05 Å². The molecular formula is C19H19N3O3. The van der Waals surface area contributed by atoms with Gasteiger partial charge in [-0.15, -0.1) is 0 Å². The van der Waals surface area contributed by atoms with Gasteiger partial charge in [0.05, 0.1) is 18.4 Å². The summed E-state index contributed by atoms with van der Waals surface area (Å²) in [7, 11) is 3.43. The molecule has 0 fully saturated rings. The number of ether oxygens (including phenoxy) is 1. The minimum atomic E-state index is -0.241. The normalized spacial score (nSPS) is 10.5. The van der Waals surface area contributed by atoms with Gasteiger partial charge in [-0.25, -0.2) is 0 Å². The van der Waals surface area contributed by atoms with Crippen LogP contribution in [0.4, 0.5) is 11.4 Å². The standard InChI is InChI=1S/C19H19N3O3/c1-12(23)20-13-8-9-18(25-3)16(10-13)21-19(24)15-11-22(2)17-7-5-4-6-14(15)17/h4-11H,1-3H3,(H,20,23)(H,21,24). The molecular weight excluding hydrogens is 318 g/mol. The number of fused-ring (bicyclic) bond motifs is 1. The molecule has 3 rings (SSSR count). The smallest absolute Gasteiger partial charge is 0.257 e. The van der Waals surface area contributed by atoms with Crippen LogP contribution in [0.15, 0.2) is 48.7 Å². The number of aromatic nitrogens is 1. The molecule has 2 N–H and O–H groups in total. The summed E-state index contributed by atoms with van der Waals surface area (Å²) in [5.74, 6) is 0.0919. The lowest BCUT2D eigenvalue weighted by atomic mass is 10.1. The Morgan fingerprint density at radius 3 is 2.56 bits per heavy atom. The second-order valence-corrected chi connectivity index (χ2v) is 5.72. The lowest BCUT2D eigenvalue weighted by Gasteiger charge is -2.12. The molecule has 2 aromatic carbocycles. The molecule has 0 saturated carbocycles. The van der Waals surface area contributed by atoms with Crippen LogP contribution in [-0.4, -0.2) is 23.5 Å². The second-order valence-electron chi connectivity index (χ2n) is 5.72. The molecule has 2 amide bonds. The number of benzene rings is 2. The van der Waals surface area contributed by atoms with E-state index in [9.17, 15) is 9.59 Å². The zero-order valence-corrected chi connectivity index (χ0v) is 14.3. The number of anilines is 2. The Bertz CT molecular complexity index is 960. The first-order valence-electron chi connectivity index (χ1n) is 7.80. The number of hydrogen-bond acceptors (Lipinski definition) is 3. The number of nitrogens with zero attached hydrogens (tertiary/aromatic N) is 1. The van der Waals surface area contributed by atoms with Crippen LogP contribution in [-0.2, 0) is 11.8 Å². The summed E-state index contributed by atoms with van der Waals surface area (Å²) in [5.41, 5.74) is 2.63. The predicted molar refractivity (Wildman–Crippen MR) is 98.2 cm³/mol. The maximum atomic E-state index is 12.8. The monoisotopic (exact) mass is 337 g/mol. The third-order valence-electron chi connectivity index (χ3n) is 3.91. The fourth-order valence-electron chi connectivity index (χ4n) is 2.80. The first-order chi connectivity index (χ1) is 12.0. The molecule has 128 valence electrons. The number of para-hydroxylation sites is 1. The number of methoxy groups -OCH3 is 1. The average molecular weight is 337 g/mol. The molecule has 0 atom stereocenters. The van der Waals surface area contributed by atoms with Gasteiger partial charge in [0, 0.05) is 36.8 Å². The van der Waals surface area contributed by atoms with Gasteiger partial charge in [-0.1, -0.05) is 18.2 Å². The van der Waals surface area contributed by atoms with E-state index in [1.54, 1.807) is 24.4 Å². The van der Waals surface area contributed by atoms with E-state index >= 15 is 0 Å². The van der Waals surface area contributed by atoms with Crippen LogP contribution >= 0.6 is 0 Å². The lowest BCUT2D eigenvalue weighted by molar-refractivity contribution is -0.114. The van der Waals surface area contributed by atoms with Gasteiger partial charge in [-0.2, -0.15) is 0 Å². The van der Waals surface area contributed by atoms with Crippen LogP contribution in [0.25, 0.3) is 10.9 Å². The summed E-state index contributed by atoms with van der Waals surface area (Å²) in [6, 6.07) is 12.8. The van der Waals surface area contributed by atoms with E-state index in [2.05, 4.69) is 10.6 Å². The Labute approximate surface area is 145 Å². The van der Waals surface area contributed by atoms with Crippen molar-refractivity contribution in [2.75, 3.05) is 17.7 Å². The van der Waals surface area contributed by atoms with Crippen molar-refractivity contribution in [3.8, 4) is 5.75 Å². The third kappa shape index (κ3) is 3.33. The van der Waals surface area contributed by atoms with Gasteiger partial charge >= 0.3 is 0 Å². The number of carbonyl (C=O) groups is 2. The van der Waals surface area contributed by atoms with E-state index in [1.165, 1.54) is 14.0 Å². The largest absolute Gasteiger partial charge is 0.495 e. The van der Waals surface area contributed by atoms with Crippen molar-refractivity contribution < 1.29 is 14.3 Å². The molecule has 0 aliphatic heterocycles. The van der Waals surface area contributed by atoms with Crippen LogP contribution in [0.5, 0.6) is 5.75 Å². The second kappa shape index (κ2) is 6.68. The highest BCUT2D eigenvalue weighted by molar-refractivity contribution is 6.13. The van der Waals surface area contributed by atoms with E-state index in [0.717, 1.165) is 10.9 Å².